The zero-order valence-electron chi connectivity index (χ0n) is 8.63. The number of hydrogen-bond acceptors (Lipinski definition) is 2. The van der Waals surface area contributed by atoms with Gasteiger partial charge in [0.1, 0.15) is 0 Å². The Morgan fingerprint density at radius 2 is 2.00 bits per heavy atom. The molecule has 0 bridgehead atoms. The van der Waals surface area contributed by atoms with Crippen molar-refractivity contribution in [3.05, 3.63) is 48.5 Å². The average molecular weight is 201 g/mol. The SMILES string of the molecule is NCCCc1cncn1-c1ccccc1. The van der Waals surface area contributed by atoms with Gasteiger partial charge in [0.05, 0.1) is 6.33 Å². The van der Waals surface area contributed by atoms with Crippen LogP contribution < -0.4 is 5.73 Å². The highest BCUT2D eigenvalue weighted by atomic mass is 15.0. The Bertz CT molecular complexity index is 406. The Kier molecular flexibility index (Phi) is 3.15. The van der Waals surface area contributed by atoms with Crippen molar-refractivity contribution in [2.45, 2.75) is 12.8 Å². The minimum atomic E-state index is 0.722. The lowest BCUT2D eigenvalue weighted by Crippen LogP contribution is -2.04. The molecule has 0 atom stereocenters. The van der Waals surface area contributed by atoms with E-state index in [9.17, 15) is 0 Å². The molecule has 0 saturated heterocycles. The number of para-hydroxylation sites is 1. The Morgan fingerprint density at radius 3 is 2.73 bits per heavy atom. The third-order valence-corrected chi connectivity index (χ3v) is 2.39. The molecule has 0 unspecified atom stereocenters. The van der Waals surface area contributed by atoms with Crippen molar-refractivity contribution in [3.63, 3.8) is 0 Å². The molecule has 1 aromatic heterocycles. The minimum absolute atomic E-state index is 0.722. The summed E-state index contributed by atoms with van der Waals surface area (Å²) in [7, 11) is 0. The van der Waals surface area contributed by atoms with Gasteiger partial charge < -0.3 is 10.3 Å². The number of rotatable bonds is 4. The van der Waals surface area contributed by atoms with Crippen LogP contribution in [0.25, 0.3) is 5.69 Å². The number of nitrogens with two attached hydrogens (primary N) is 1. The monoisotopic (exact) mass is 201 g/mol. The molecule has 0 saturated carbocycles. The van der Waals surface area contributed by atoms with Gasteiger partial charge in [-0.15, -0.1) is 0 Å². The van der Waals surface area contributed by atoms with E-state index in [0.29, 0.717) is 0 Å². The van der Waals surface area contributed by atoms with Gasteiger partial charge in [-0.2, -0.15) is 0 Å². The predicted octanol–water partition coefficient (Wildman–Crippen LogP) is 1.76. The second-order valence-corrected chi connectivity index (χ2v) is 3.48. The zero-order valence-corrected chi connectivity index (χ0v) is 8.63. The van der Waals surface area contributed by atoms with Crippen LogP contribution in [-0.4, -0.2) is 16.1 Å². The molecule has 0 aliphatic rings. The van der Waals surface area contributed by atoms with Crippen molar-refractivity contribution in [2.75, 3.05) is 6.54 Å². The van der Waals surface area contributed by atoms with Gasteiger partial charge in [-0.1, -0.05) is 18.2 Å². The molecule has 78 valence electrons. The fraction of sp³-hybridized carbons (Fsp3) is 0.250. The zero-order chi connectivity index (χ0) is 10.5. The second kappa shape index (κ2) is 4.75. The highest BCUT2D eigenvalue weighted by molar-refractivity contribution is 5.33. The molecular weight excluding hydrogens is 186 g/mol. The number of benzene rings is 1. The molecule has 0 spiro atoms. The van der Waals surface area contributed by atoms with Crippen LogP contribution in [0.5, 0.6) is 0 Å². The van der Waals surface area contributed by atoms with Crippen LogP contribution in [0.3, 0.4) is 0 Å². The van der Waals surface area contributed by atoms with E-state index in [-0.39, 0.29) is 0 Å². The van der Waals surface area contributed by atoms with E-state index in [0.717, 1.165) is 25.1 Å². The average Bonchev–Trinajstić information content (AvgIpc) is 2.75. The summed E-state index contributed by atoms with van der Waals surface area (Å²) in [5.74, 6) is 0. The lowest BCUT2D eigenvalue weighted by molar-refractivity contribution is 0.789. The van der Waals surface area contributed by atoms with Crippen molar-refractivity contribution in [1.82, 2.24) is 9.55 Å². The maximum atomic E-state index is 5.50. The highest BCUT2D eigenvalue weighted by Gasteiger charge is 2.02. The van der Waals surface area contributed by atoms with Gasteiger partial charge >= 0.3 is 0 Å². The lowest BCUT2D eigenvalue weighted by atomic mass is 10.2. The van der Waals surface area contributed by atoms with Crippen LogP contribution in [0.2, 0.25) is 0 Å². The summed E-state index contributed by atoms with van der Waals surface area (Å²) in [6.45, 7) is 0.722. The van der Waals surface area contributed by atoms with Crippen molar-refractivity contribution in [2.24, 2.45) is 5.73 Å². The topological polar surface area (TPSA) is 43.8 Å². The fourth-order valence-corrected chi connectivity index (χ4v) is 1.61. The third-order valence-electron chi connectivity index (χ3n) is 2.39. The number of imidazole rings is 1. The minimum Gasteiger partial charge on any atom is -0.330 e. The lowest BCUT2D eigenvalue weighted by Gasteiger charge is -2.06. The molecule has 3 heteroatoms. The molecule has 15 heavy (non-hydrogen) atoms. The molecule has 2 aromatic rings. The van der Waals surface area contributed by atoms with Crippen LogP contribution in [0.15, 0.2) is 42.9 Å². The van der Waals surface area contributed by atoms with Gasteiger partial charge in [-0.05, 0) is 31.5 Å². The molecule has 2 N–H and O–H groups in total. The van der Waals surface area contributed by atoms with Crippen LogP contribution in [0, 0.1) is 0 Å². The second-order valence-electron chi connectivity index (χ2n) is 3.48. The van der Waals surface area contributed by atoms with Crippen LogP contribution in [0.1, 0.15) is 12.1 Å². The van der Waals surface area contributed by atoms with Crippen molar-refractivity contribution < 1.29 is 0 Å². The van der Waals surface area contributed by atoms with Crippen molar-refractivity contribution in [1.29, 1.82) is 0 Å². The summed E-state index contributed by atoms with van der Waals surface area (Å²) >= 11 is 0. The van der Waals surface area contributed by atoms with E-state index >= 15 is 0 Å². The summed E-state index contributed by atoms with van der Waals surface area (Å²) in [5, 5.41) is 0. The molecule has 0 fully saturated rings. The summed E-state index contributed by atoms with van der Waals surface area (Å²) in [6, 6.07) is 10.2. The molecule has 0 radical (unpaired) electrons. The Balaban J connectivity index is 2.25. The fourth-order valence-electron chi connectivity index (χ4n) is 1.61. The quantitative estimate of drug-likeness (QED) is 0.819. The molecule has 0 aliphatic carbocycles. The van der Waals surface area contributed by atoms with Gasteiger partial charge in [0.2, 0.25) is 0 Å². The van der Waals surface area contributed by atoms with E-state index in [1.807, 2.05) is 30.7 Å². The highest BCUT2D eigenvalue weighted by Crippen LogP contribution is 2.11. The molecule has 0 amide bonds. The van der Waals surface area contributed by atoms with Gasteiger partial charge in [-0.25, -0.2) is 4.98 Å². The molecular formula is C12H15N3. The van der Waals surface area contributed by atoms with Gasteiger partial charge in [-0.3, -0.25) is 0 Å². The first-order valence-electron chi connectivity index (χ1n) is 5.18. The molecule has 3 nitrogen and oxygen atoms in total. The number of aromatic nitrogens is 2. The molecule has 0 aliphatic heterocycles. The molecule has 1 aromatic carbocycles. The predicted molar refractivity (Wildman–Crippen MR) is 60.9 cm³/mol. The van der Waals surface area contributed by atoms with Crippen molar-refractivity contribution in [3.8, 4) is 5.69 Å². The molecule has 2 rings (SSSR count). The molecule has 1 heterocycles. The maximum absolute atomic E-state index is 5.50. The van der Waals surface area contributed by atoms with E-state index < -0.39 is 0 Å². The van der Waals surface area contributed by atoms with Crippen LogP contribution >= 0.6 is 0 Å². The van der Waals surface area contributed by atoms with Gasteiger partial charge in [0, 0.05) is 17.6 Å². The van der Waals surface area contributed by atoms with E-state index in [1.54, 1.807) is 0 Å². The number of aryl methyl sites for hydroxylation is 1. The summed E-state index contributed by atoms with van der Waals surface area (Å²) < 4.78 is 2.11. The standard InChI is InChI=1S/C12H15N3/c13-8-4-7-12-9-14-10-15(12)11-5-2-1-3-6-11/h1-3,5-6,9-10H,4,7-8,13H2. The Morgan fingerprint density at radius 1 is 1.20 bits per heavy atom. The summed E-state index contributed by atoms with van der Waals surface area (Å²) in [4.78, 5) is 4.17. The number of nitrogens with zero attached hydrogens (tertiary/aromatic N) is 2. The first kappa shape index (κ1) is 9.93. The summed E-state index contributed by atoms with van der Waals surface area (Å²) in [6.07, 6.45) is 5.73. The first-order valence-corrected chi connectivity index (χ1v) is 5.18. The number of hydrogen-bond donors (Lipinski definition) is 1. The first-order chi connectivity index (χ1) is 7.42. The van der Waals surface area contributed by atoms with E-state index in [4.69, 9.17) is 5.73 Å². The van der Waals surface area contributed by atoms with Gasteiger partial charge in [0.25, 0.3) is 0 Å². The Labute approximate surface area is 89.6 Å². The maximum Gasteiger partial charge on any atom is 0.0994 e. The van der Waals surface area contributed by atoms with E-state index in [2.05, 4.69) is 21.7 Å². The normalized spacial score (nSPS) is 10.5. The summed E-state index contributed by atoms with van der Waals surface area (Å²) in [5.41, 5.74) is 7.87. The van der Waals surface area contributed by atoms with E-state index in [1.165, 1.54) is 5.69 Å². The van der Waals surface area contributed by atoms with Crippen LogP contribution in [-0.2, 0) is 6.42 Å². The van der Waals surface area contributed by atoms with Crippen LogP contribution in [0.4, 0.5) is 0 Å². The largest absolute Gasteiger partial charge is 0.330 e. The third kappa shape index (κ3) is 2.25. The smallest absolute Gasteiger partial charge is 0.0994 e. The van der Waals surface area contributed by atoms with Crippen molar-refractivity contribution >= 4 is 0 Å². The Hall–Kier alpha value is -1.61. The van der Waals surface area contributed by atoms with Gasteiger partial charge in [0.15, 0.2) is 0 Å².